The standard InChI is InChI=1S/C13H14BrNO4/c1-17-11-7-9-8(6-12(11)19-4-3-14)5-10(15-9)13(16)18-2/h5-7,15H,3-4H2,1-2H3. The molecule has 19 heavy (non-hydrogen) atoms. The minimum absolute atomic E-state index is 0.400. The summed E-state index contributed by atoms with van der Waals surface area (Å²) in [7, 11) is 2.92. The minimum Gasteiger partial charge on any atom is -0.493 e. The molecule has 5 nitrogen and oxygen atoms in total. The van der Waals surface area contributed by atoms with Crippen molar-refractivity contribution >= 4 is 32.8 Å². The molecule has 2 aromatic rings. The van der Waals surface area contributed by atoms with Crippen LogP contribution in [0.4, 0.5) is 0 Å². The molecule has 1 aromatic heterocycles. The average Bonchev–Trinajstić information content (AvgIpc) is 2.85. The van der Waals surface area contributed by atoms with Crippen LogP contribution in [0.2, 0.25) is 0 Å². The zero-order chi connectivity index (χ0) is 13.8. The molecule has 1 aromatic carbocycles. The number of aromatic nitrogens is 1. The van der Waals surface area contributed by atoms with Crippen molar-refractivity contribution in [1.29, 1.82) is 0 Å². The topological polar surface area (TPSA) is 60.6 Å². The van der Waals surface area contributed by atoms with Crippen molar-refractivity contribution in [1.82, 2.24) is 4.98 Å². The van der Waals surface area contributed by atoms with E-state index in [1.807, 2.05) is 6.07 Å². The minimum atomic E-state index is -0.405. The average molecular weight is 328 g/mol. The molecular formula is C13H14BrNO4. The molecule has 1 N–H and O–H groups in total. The molecule has 1 heterocycles. The van der Waals surface area contributed by atoms with Gasteiger partial charge in [-0.3, -0.25) is 0 Å². The quantitative estimate of drug-likeness (QED) is 0.677. The number of ether oxygens (including phenoxy) is 3. The lowest BCUT2D eigenvalue weighted by Gasteiger charge is -2.09. The summed E-state index contributed by atoms with van der Waals surface area (Å²) in [5, 5.41) is 1.60. The molecule has 0 atom stereocenters. The van der Waals surface area contributed by atoms with Crippen molar-refractivity contribution in [2.45, 2.75) is 0 Å². The van der Waals surface area contributed by atoms with E-state index in [1.165, 1.54) is 7.11 Å². The lowest BCUT2D eigenvalue weighted by Crippen LogP contribution is -2.00. The fourth-order valence-electron chi connectivity index (χ4n) is 1.78. The highest BCUT2D eigenvalue weighted by Crippen LogP contribution is 2.32. The third-order valence-corrected chi connectivity index (χ3v) is 2.97. The molecule has 0 radical (unpaired) electrons. The molecule has 0 saturated carbocycles. The van der Waals surface area contributed by atoms with Crippen molar-refractivity contribution in [3.8, 4) is 11.5 Å². The van der Waals surface area contributed by atoms with Crippen LogP contribution in [0.3, 0.4) is 0 Å². The van der Waals surface area contributed by atoms with Gasteiger partial charge in [-0.05, 0) is 12.1 Å². The molecule has 0 aliphatic heterocycles. The van der Waals surface area contributed by atoms with Crippen molar-refractivity contribution < 1.29 is 19.0 Å². The normalized spacial score (nSPS) is 10.5. The second-order valence-corrected chi connectivity index (χ2v) is 4.60. The van der Waals surface area contributed by atoms with Gasteiger partial charge in [0.05, 0.1) is 26.3 Å². The van der Waals surface area contributed by atoms with Crippen LogP contribution in [0.1, 0.15) is 10.5 Å². The number of hydrogen-bond acceptors (Lipinski definition) is 4. The molecular weight excluding hydrogens is 314 g/mol. The van der Waals surface area contributed by atoms with Gasteiger partial charge in [0, 0.05) is 16.8 Å². The lowest BCUT2D eigenvalue weighted by molar-refractivity contribution is 0.0595. The summed E-state index contributed by atoms with van der Waals surface area (Å²) in [6.07, 6.45) is 0. The Kier molecular flexibility index (Phi) is 4.31. The number of alkyl halides is 1. The van der Waals surface area contributed by atoms with Gasteiger partial charge in [0.15, 0.2) is 11.5 Å². The maximum absolute atomic E-state index is 11.5. The third kappa shape index (κ3) is 2.84. The number of carbonyl (C=O) groups excluding carboxylic acids is 1. The predicted octanol–water partition coefficient (Wildman–Crippen LogP) is 2.74. The molecule has 102 valence electrons. The Morgan fingerprint density at radius 2 is 2.05 bits per heavy atom. The molecule has 2 rings (SSSR count). The molecule has 0 fully saturated rings. The highest BCUT2D eigenvalue weighted by atomic mass is 79.9. The number of rotatable bonds is 5. The zero-order valence-electron chi connectivity index (χ0n) is 10.7. The summed E-state index contributed by atoms with van der Waals surface area (Å²) in [6, 6.07) is 5.35. The first-order valence-corrected chi connectivity index (χ1v) is 6.79. The maximum atomic E-state index is 11.5. The second kappa shape index (κ2) is 5.97. The number of aromatic amines is 1. The number of halogens is 1. The third-order valence-electron chi connectivity index (χ3n) is 2.64. The van der Waals surface area contributed by atoms with Crippen LogP contribution in [-0.2, 0) is 4.74 Å². The fraction of sp³-hybridized carbons (Fsp3) is 0.308. The van der Waals surface area contributed by atoms with Gasteiger partial charge in [-0.2, -0.15) is 0 Å². The van der Waals surface area contributed by atoms with E-state index in [9.17, 15) is 4.79 Å². The summed E-state index contributed by atoms with van der Waals surface area (Å²) in [6.45, 7) is 0.538. The Hall–Kier alpha value is -1.69. The van der Waals surface area contributed by atoms with Crippen LogP contribution >= 0.6 is 15.9 Å². The van der Waals surface area contributed by atoms with Gasteiger partial charge in [0.2, 0.25) is 0 Å². The van der Waals surface area contributed by atoms with Crippen LogP contribution in [0, 0.1) is 0 Å². The van der Waals surface area contributed by atoms with Gasteiger partial charge in [0.25, 0.3) is 0 Å². The summed E-state index contributed by atoms with van der Waals surface area (Å²) in [4.78, 5) is 14.5. The first-order chi connectivity index (χ1) is 9.19. The number of H-pyrrole nitrogens is 1. The van der Waals surface area contributed by atoms with E-state index in [-0.39, 0.29) is 0 Å². The molecule has 6 heteroatoms. The Bertz CT molecular complexity index is 594. The molecule has 0 saturated heterocycles. The van der Waals surface area contributed by atoms with Gasteiger partial charge in [-0.25, -0.2) is 4.79 Å². The van der Waals surface area contributed by atoms with Crippen LogP contribution < -0.4 is 9.47 Å². The number of esters is 1. The largest absolute Gasteiger partial charge is 0.493 e. The Morgan fingerprint density at radius 1 is 1.26 bits per heavy atom. The van der Waals surface area contributed by atoms with Crippen LogP contribution in [0.15, 0.2) is 18.2 Å². The van der Waals surface area contributed by atoms with E-state index in [4.69, 9.17) is 9.47 Å². The number of fused-ring (bicyclic) bond motifs is 1. The molecule has 0 amide bonds. The summed E-state index contributed by atoms with van der Waals surface area (Å²) in [5.41, 5.74) is 1.20. The van der Waals surface area contributed by atoms with E-state index >= 15 is 0 Å². The van der Waals surface area contributed by atoms with Crippen LogP contribution in [-0.4, -0.2) is 37.1 Å². The van der Waals surface area contributed by atoms with E-state index < -0.39 is 5.97 Å². The zero-order valence-corrected chi connectivity index (χ0v) is 12.2. The van der Waals surface area contributed by atoms with E-state index in [0.29, 0.717) is 23.8 Å². The van der Waals surface area contributed by atoms with Gasteiger partial charge in [0.1, 0.15) is 5.69 Å². The fourth-order valence-corrected chi connectivity index (χ4v) is 1.94. The van der Waals surface area contributed by atoms with E-state index in [0.717, 1.165) is 16.2 Å². The van der Waals surface area contributed by atoms with Gasteiger partial charge >= 0.3 is 5.97 Å². The molecule has 0 aliphatic rings. The van der Waals surface area contributed by atoms with E-state index in [2.05, 4.69) is 25.7 Å². The maximum Gasteiger partial charge on any atom is 0.354 e. The first kappa shape index (κ1) is 13.7. The van der Waals surface area contributed by atoms with E-state index in [1.54, 1.807) is 19.2 Å². The van der Waals surface area contributed by atoms with Gasteiger partial charge in [-0.1, -0.05) is 15.9 Å². The summed E-state index contributed by atoms with van der Waals surface area (Å²) < 4.78 is 15.5. The molecule has 0 bridgehead atoms. The number of benzene rings is 1. The van der Waals surface area contributed by atoms with Gasteiger partial charge in [-0.15, -0.1) is 0 Å². The first-order valence-electron chi connectivity index (χ1n) is 5.67. The lowest BCUT2D eigenvalue weighted by atomic mass is 10.2. The Balaban J connectivity index is 2.44. The monoisotopic (exact) mass is 327 g/mol. The Labute approximate surface area is 119 Å². The van der Waals surface area contributed by atoms with Crippen molar-refractivity contribution in [3.63, 3.8) is 0 Å². The van der Waals surface area contributed by atoms with Gasteiger partial charge < -0.3 is 19.2 Å². The smallest absolute Gasteiger partial charge is 0.354 e. The SMILES string of the molecule is COC(=O)c1cc2cc(OCCBr)c(OC)cc2[nH]1. The van der Waals surface area contributed by atoms with Crippen LogP contribution in [0.25, 0.3) is 10.9 Å². The van der Waals surface area contributed by atoms with Crippen molar-refractivity contribution in [2.24, 2.45) is 0 Å². The number of nitrogens with one attached hydrogen (secondary N) is 1. The second-order valence-electron chi connectivity index (χ2n) is 3.80. The highest BCUT2D eigenvalue weighted by molar-refractivity contribution is 9.09. The summed E-state index contributed by atoms with van der Waals surface area (Å²) in [5.74, 6) is 0.856. The molecule has 0 aliphatic carbocycles. The van der Waals surface area contributed by atoms with Crippen molar-refractivity contribution in [3.05, 3.63) is 23.9 Å². The molecule has 0 unspecified atom stereocenters. The predicted molar refractivity (Wildman–Crippen MR) is 75.5 cm³/mol. The number of carbonyl (C=O) groups is 1. The Morgan fingerprint density at radius 3 is 2.68 bits per heavy atom. The van der Waals surface area contributed by atoms with Crippen LogP contribution in [0.5, 0.6) is 11.5 Å². The molecule has 0 spiro atoms. The van der Waals surface area contributed by atoms with Crippen molar-refractivity contribution in [2.75, 3.05) is 26.2 Å². The summed E-state index contributed by atoms with van der Waals surface area (Å²) >= 11 is 3.30. The number of hydrogen-bond donors (Lipinski definition) is 1. The highest BCUT2D eigenvalue weighted by Gasteiger charge is 2.13. The number of methoxy groups -OCH3 is 2.